The molecule has 21 heavy (non-hydrogen) atoms. The molecule has 4 rings (SSSR count). The molecular weight excluding hydrogens is 282 g/mol. The van der Waals surface area contributed by atoms with E-state index in [9.17, 15) is 0 Å². The number of imidazole rings is 1. The third kappa shape index (κ3) is 2.30. The average Bonchev–Trinajstić information content (AvgIpc) is 3.24. The van der Waals surface area contributed by atoms with E-state index in [1.54, 1.807) is 0 Å². The lowest BCUT2D eigenvalue weighted by molar-refractivity contribution is 0.586. The molecule has 1 atom stereocenters. The van der Waals surface area contributed by atoms with E-state index < -0.39 is 0 Å². The van der Waals surface area contributed by atoms with E-state index >= 15 is 0 Å². The van der Waals surface area contributed by atoms with Crippen LogP contribution in [0.1, 0.15) is 37.4 Å². The number of rotatable bonds is 4. The fourth-order valence-corrected chi connectivity index (χ4v) is 3.19. The van der Waals surface area contributed by atoms with Gasteiger partial charge in [-0.05, 0) is 25.3 Å². The molecule has 1 aromatic carbocycles. The van der Waals surface area contributed by atoms with Crippen molar-refractivity contribution in [3.05, 3.63) is 36.3 Å². The van der Waals surface area contributed by atoms with Crippen LogP contribution in [-0.2, 0) is 6.54 Å². The maximum Gasteiger partial charge on any atom is 0.127 e. The van der Waals surface area contributed by atoms with Crippen molar-refractivity contribution in [1.29, 1.82) is 0 Å². The first-order valence-corrected chi connectivity index (χ1v) is 8.05. The van der Waals surface area contributed by atoms with Crippen LogP contribution in [0.2, 0.25) is 0 Å². The predicted molar refractivity (Wildman–Crippen MR) is 86.6 cm³/mol. The lowest BCUT2D eigenvalue weighted by Gasteiger charge is -2.11. The van der Waals surface area contributed by atoms with Gasteiger partial charge < -0.3 is 4.57 Å². The maximum absolute atomic E-state index is 6.36. The molecule has 0 aliphatic heterocycles. The molecule has 0 amide bonds. The van der Waals surface area contributed by atoms with Gasteiger partial charge in [0.1, 0.15) is 11.3 Å². The Kier molecular flexibility index (Phi) is 3.11. The van der Waals surface area contributed by atoms with Gasteiger partial charge in [0.2, 0.25) is 0 Å². The molecule has 0 saturated heterocycles. The Morgan fingerprint density at radius 3 is 2.86 bits per heavy atom. The smallest absolute Gasteiger partial charge is 0.127 e. The third-order valence-corrected chi connectivity index (χ3v) is 4.52. The Morgan fingerprint density at radius 1 is 1.29 bits per heavy atom. The van der Waals surface area contributed by atoms with Crippen molar-refractivity contribution in [2.75, 3.05) is 0 Å². The van der Waals surface area contributed by atoms with Gasteiger partial charge in [0.25, 0.3) is 0 Å². The summed E-state index contributed by atoms with van der Waals surface area (Å²) in [7, 11) is 0. The Bertz CT molecular complexity index is 802. The van der Waals surface area contributed by atoms with Gasteiger partial charge in [-0.1, -0.05) is 31.0 Å². The molecule has 2 aromatic heterocycles. The molecule has 0 spiro atoms. The number of halogens is 1. The van der Waals surface area contributed by atoms with E-state index in [0.717, 1.165) is 29.3 Å². The molecule has 1 unspecified atom stereocenters. The van der Waals surface area contributed by atoms with Gasteiger partial charge >= 0.3 is 0 Å². The van der Waals surface area contributed by atoms with E-state index in [-0.39, 0.29) is 5.38 Å². The van der Waals surface area contributed by atoms with Crippen molar-refractivity contribution >= 4 is 33.5 Å². The Morgan fingerprint density at radius 2 is 2.10 bits per heavy atom. The van der Waals surface area contributed by atoms with Crippen LogP contribution < -0.4 is 0 Å². The van der Waals surface area contributed by atoms with Crippen molar-refractivity contribution in [3.63, 3.8) is 0 Å². The zero-order valence-corrected chi connectivity index (χ0v) is 12.8. The molecule has 3 nitrogen and oxygen atoms in total. The van der Waals surface area contributed by atoms with Crippen LogP contribution in [0.4, 0.5) is 0 Å². The first-order valence-electron chi connectivity index (χ1n) is 7.62. The molecule has 0 bridgehead atoms. The molecule has 1 aliphatic carbocycles. The summed E-state index contributed by atoms with van der Waals surface area (Å²) in [5.74, 6) is 1.86. The highest BCUT2D eigenvalue weighted by Crippen LogP contribution is 2.35. The zero-order chi connectivity index (χ0) is 14.4. The van der Waals surface area contributed by atoms with Crippen molar-refractivity contribution in [1.82, 2.24) is 14.5 Å². The van der Waals surface area contributed by atoms with Crippen molar-refractivity contribution in [3.8, 4) is 0 Å². The second kappa shape index (κ2) is 4.99. The summed E-state index contributed by atoms with van der Waals surface area (Å²) in [6.45, 7) is 2.99. The minimum absolute atomic E-state index is 0.0876. The third-order valence-electron chi connectivity index (χ3n) is 4.32. The number of hydrogen-bond acceptors (Lipinski definition) is 2. The van der Waals surface area contributed by atoms with Crippen LogP contribution in [0.15, 0.2) is 30.5 Å². The van der Waals surface area contributed by atoms with E-state index in [2.05, 4.69) is 27.8 Å². The number of benzene rings is 1. The molecular formula is C17H18ClN3. The predicted octanol–water partition coefficient (Wildman–Crippen LogP) is 4.68. The maximum atomic E-state index is 6.36. The SMILES string of the molecule is CC(Cl)c1nc2cnc3ccccc3c2n1CCC1CC1. The second-order valence-corrected chi connectivity index (χ2v) is 6.63. The van der Waals surface area contributed by atoms with Crippen LogP contribution in [0.25, 0.3) is 21.9 Å². The standard InChI is InChI=1S/C17H18ClN3/c1-11(18)17-20-15-10-19-14-5-3-2-4-13(14)16(15)21(17)9-8-12-6-7-12/h2-5,10-12H,6-9H2,1H3. The van der Waals surface area contributed by atoms with Crippen molar-refractivity contribution < 1.29 is 0 Å². The largest absolute Gasteiger partial charge is 0.326 e. The number of alkyl halides is 1. The number of para-hydroxylation sites is 1. The lowest BCUT2D eigenvalue weighted by atomic mass is 10.2. The van der Waals surface area contributed by atoms with Crippen LogP contribution in [0.3, 0.4) is 0 Å². The van der Waals surface area contributed by atoms with E-state index in [4.69, 9.17) is 16.6 Å². The normalized spacial score (nSPS) is 16.7. The summed E-state index contributed by atoms with van der Waals surface area (Å²) in [5.41, 5.74) is 3.15. The molecule has 1 aliphatic rings. The van der Waals surface area contributed by atoms with Gasteiger partial charge in [0, 0.05) is 11.9 Å². The molecule has 2 heterocycles. The molecule has 1 fully saturated rings. The molecule has 0 N–H and O–H groups in total. The number of fused-ring (bicyclic) bond motifs is 3. The molecule has 1 saturated carbocycles. The Balaban J connectivity index is 1.95. The first-order chi connectivity index (χ1) is 10.2. The first kappa shape index (κ1) is 13.1. The second-order valence-electron chi connectivity index (χ2n) is 5.98. The summed E-state index contributed by atoms with van der Waals surface area (Å²) in [6.07, 6.45) is 5.84. The zero-order valence-electron chi connectivity index (χ0n) is 12.1. The summed E-state index contributed by atoms with van der Waals surface area (Å²) in [5, 5.41) is 1.08. The monoisotopic (exact) mass is 299 g/mol. The van der Waals surface area contributed by atoms with Gasteiger partial charge in [0.05, 0.1) is 22.6 Å². The van der Waals surface area contributed by atoms with Gasteiger partial charge in [-0.3, -0.25) is 4.98 Å². The minimum Gasteiger partial charge on any atom is -0.326 e. The summed E-state index contributed by atoms with van der Waals surface area (Å²) < 4.78 is 2.31. The van der Waals surface area contributed by atoms with Crippen LogP contribution in [0, 0.1) is 5.92 Å². The lowest BCUT2D eigenvalue weighted by Crippen LogP contribution is -2.05. The minimum atomic E-state index is -0.0876. The van der Waals surface area contributed by atoms with Gasteiger partial charge in [-0.2, -0.15) is 0 Å². The van der Waals surface area contributed by atoms with E-state index in [0.29, 0.717) is 0 Å². The summed E-state index contributed by atoms with van der Waals surface area (Å²) in [4.78, 5) is 9.24. The number of hydrogen-bond donors (Lipinski definition) is 0. The number of pyridine rings is 1. The van der Waals surface area contributed by atoms with E-state index in [1.165, 1.54) is 30.2 Å². The molecule has 0 radical (unpaired) electrons. The molecule has 3 aromatic rings. The quantitative estimate of drug-likeness (QED) is 0.655. The Hall–Kier alpha value is -1.61. The van der Waals surface area contributed by atoms with Gasteiger partial charge in [-0.15, -0.1) is 11.6 Å². The fourth-order valence-electron chi connectivity index (χ4n) is 3.03. The highest BCUT2D eigenvalue weighted by atomic mass is 35.5. The summed E-state index contributed by atoms with van der Waals surface area (Å²) >= 11 is 6.36. The van der Waals surface area contributed by atoms with Crippen molar-refractivity contribution in [2.45, 2.75) is 38.1 Å². The fraction of sp³-hybridized carbons (Fsp3) is 0.412. The van der Waals surface area contributed by atoms with Gasteiger partial charge in [-0.25, -0.2) is 4.98 Å². The van der Waals surface area contributed by atoms with Crippen LogP contribution in [0.5, 0.6) is 0 Å². The number of nitrogens with zero attached hydrogens (tertiary/aromatic N) is 3. The summed E-state index contributed by atoms with van der Waals surface area (Å²) in [6, 6.07) is 8.27. The van der Waals surface area contributed by atoms with Crippen molar-refractivity contribution in [2.24, 2.45) is 5.92 Å². The number of aromatic nitrogens is 3. The molecule has 4 heteroatoms. The highest BCUT2D eigenvalue weighted by molar-refractivity contribution is 6.20. The topological polar surface area (TPSA) is 30.7 Å². The van der Waals surface area contributed by atoms with Crippen LogP contribution >= 0.6 is 11.6 Å². The van der Waals surface area contributed by atoms with Gasteiger partial charge in [0.15, 0.2) is 0 Å². The average molecular weight is 300 g/mol. The van der Waals surface area contributed by atoms with Crippen LogP contribution in [-0.4, -0.2) is 14.5 Å². The molecule has 108 valence electrons. The highest BCUT2D eigenvalue weighted by Gasteiger charge is 2.23. The van der Waals surface area contributed by atoms with E-state index in [1.807, 2.05) is 19.2 Å². The Labute approximate surface area is 129 Å². The number of aryl methyl sites for hydroxylation is 1.